The van der Waals surface area contributed by atoms with Gasteiger partial charge in [0.25, 0.3) is 5.56 Å². The summed E-state index contributed by atoms with van der Waals surface area (Å²) in [7, 11) is -4.09. The zero-order valence-electron chi connectivity index (χ0n) is 24.2. The van der Waals surface area contributed by atoms with Gasteiger partial charge in [-0.15, -0.1) is 0 Å². The molecule has 1 amide bonds. The highest BCUT2D eigenvalue weighted by atomic mass is 79.9. The summed E-state index contributed by atoms with van der Waals surface area (Å²) < 4.78 is 48.0. The smallest absolute Gasteiger partial charge is 0.458 e. The molecule has 1 unspecified atom stereocenters. The summed E-state index contributed by atoms with van der Waals surface area (Å²) in [5.74, 6) is -0.428. The molecule has 0 aliphatic carbocycles. The number of para-hydroxylation sites is 1. The molecule has 2 aromatic rings. The van der Waals surface area contributed by atoms with Gasteiger partial charge in [-0.1, -0.05) is 34.1 Å². The Labute approximate surface area is 255 Å². The lowest BCUT2D eigenvalue weighted by Crippen LogP contribution is -2.44. The number of nitrogens with zero attached hydrogens (tertiary/aromatic N) is 1. The zero-order valence-corrected chi connectivity index (χ0v) is 26.6. The van der Waals surface area contributed by atoms with Gasteiger partial charge in [0.2, 0.25) is 0 Å². The number of carbonyl (C=O) groups is 2. The van der Waals surface area contributed by atoms with Gasteiger partial charge < -0.3 is 24.1 Å². The van der Waals surface area contributed by atoms with Crippen LogP contribution in [0, 0.1) is 6.92 Å². The maximum Gasteiger partial charge on any atom is 0.530 e. The predicted octanol–water partition coefficient (Wildman–Crippen LogP) is 4.06. The molecule has 5 atom stereocenters. The summed E-state index contributed by atoms with van der Waals surface area (Å²) in [5.41, 5.74) is -0.546. The summed E-state index contributed by atoms with van der Waals surface area (Å²) in [5, 5.41) is 2.41. The molecule has 2 N–H and O–H groups in total. The highest BCUT2D eigenvalue weighted by Crippen LogP contribution is 2.55. The van der Waals surface area contributed by atoms with Crippen molar-refractivity contribution in [3.8, 4) is 5.75 Å². The van der Waals surface area contributed by atoms with Crippen molar-refractivity contribution in [1.82, 2.24) is 14.9 Å². The van der Waals surface area contributed by atoms with E-state index in [0.717, 1.165) is 10.1 Å². The van der Waals surface area contributed by atoms with E-state index in [1.54, 1.807) is 39.8 Å². The molecule has 0 radical (unpaired) electrons. The summed E-state index contributed by atoms with van der Waals surface area (Å²) in [6.07, 6.45) is -1.21. The molecule has 14 nitrogen and oxygen atoms in total. The summed E-state index contributed by atoms with van der Waals surface area (Å²) in [6.45, 7) is 7.83. The molecule has 16 heteroatoms. The summed E-state index contributed by atoms with van der Waals surface area (Å²) in [4.78, 5) is 53.6. The van der Waals surface area contributed by atoms with E-state index in [-0.39, 0.29) is 18.6 Å². The van der Waals surface area contributed by atoms with E-state index in [1.165, 1.54) is 24.2 Å². The van der Waals surface area contributed by atoms with Crippen molar-refractivity contribution >= 4 is 41.9 Å². The number of ether oxygens (including phenoxy) is 3. The molecule has 4 rings (SSSR count). The van der Waals surface area contributed by atoms with Gasteiger partial charge in [-0.3, -0.25) is 23.4 Å². The van der Waals surface area contributed by atoms with Gasteiger partial charge in [0.15, 0.2) is 0 Å². The predicted molar refractivity (Wildman–Crippen MR) is 157 cm³/mol. The molecule has 1 fully saturated rings. The lowest BCUT2D eigenvalue weighted by molar-refractivity contribution is -0.155. The molecule has 2 aliphatic heterocycles. The van der Waals surface area contributed by atoms with Crippen molar-refractivity contribution in [1.29, 1.82) is 0 Å². The van der Waals surface area contributed by atoms with Gasteiger partial charge in [-0.25, -0.2) is 18.9 Å². The minimum Gasteiger partial charge on any atom is -0.458 e. The Hall–Kier alpha value is -3.23. The number of hydrogen-bond acceptors (Lipinski definition) is 11. The summed E-state index contributed by atoms with van der Waals surface area (Å²) in [6, 6.07) is 4.28. The number of phosphoric acid groups is 1. The van der Waals surface area contributed by atoms with Crippen molar-refractivity contribution in [3.05, 3.63) is 66.9 Å². The molecular formula is C27H33BrN3O11P. The second-order valence-corrected chi connectivity index (χ2v) is 13.0. The Morgan fingerprint density at radius 2 is 2.05 bits per heavy atom. The van der Waals surface area contributed by atoms with Crippen LogP contribution in [0.2, 0.25) is 0 Å². The second-order valence-electron chi connectivity index (χ2n) is 10.9. The van der Waals surface area contributed by atoms with E-state index >= 15 is 0 Å². The van der Waals surface area contributed by atoms with Gasteiger partial charge >= 0.3 is 25.6 Å². The lowest BCUT2D eigenvalue weighted by atomic mass is 10.1. The minimum absolute atomic E-state index is 0.00859. The van der Waals surface area contributed by atoms with Crippen LogP contribution in [0.5, 0.6) is 5.75 Å². The quantitative estimate of drug-likeness (QED) is 0.303. The van der Waals surface area contributed by atoms with E-state index in [2.05, 4.69) is 26.2 Å². The first-order valence-electron chi connectivity index (χ1n) is 13.3. The third-order valence-electron chi connectivity index (χ3n) is 6.35. The van der Waals surface area contributed by atoms with E-state index in [9.17, 15) is 23.7 Å². The molecule has 3 heterocycles. The lowest BCUT2D eigenvalue weighted by Gasteiger charge is -2.27. The topological polar surface area (TPSA) is 173 Å². The minimum atomic E-state index is -4.09. The number of halogens is 1. The Kier molecular flexibility index (Phi) is 10.0. The Morgan fingerprint density at radius 1 is 1.30 bits per heavy atom. The van der Waals surface area contributed by atoms with Crippen LogP contribution in [0.1, 0.15) is 57.0 Å². The average molecular weight is 686 g/mol. The van der Waals surface area contributed by atoms with Crippen LogP contribution in [0.15, 0.2) is 39.0 Å². The molecule has 0 bridgehead atoms. The SMILES string of the molecule is Cc1cccc2c1OP(=O)(OC[C@H]1O[C@@H](n3cc(/C=C/Br)c(=O)[nH]c3=O)C[C@@H]1OC(=O)[C@H](C)NC(=O)OC(C)(C)C)OC2. The first kappa shape index (κ1) is 32.7. The molecule has 43 heavy (non-hydrogen) atoms. The highest BCUT2D eigenvalue weighted by molar-refractivity contribution is 9.11. The summed E-state index contributed by atoms with van der Waals surface area (Å²) >= 11 is 3.10. The first-order chi connectivity index (χ1) is 20.2. The largest absolute Gasteiger partial charge is 0.530 e. The van der Waals surface area contributed by atoms with Gasteiger partial charge in [0, 0.05) is 18.2 Å². The van der Waals surface area contributed by atoms with Crippen LogP contribution in [-0.4, -0.2) is 52.1 Å². The van der Waals surface area contributed by atoms with E-state index in [1.807, 2.05) is 6.07 Å². The van der Waals surface area contributed by atoms with E-state index in [0.29, 0.717) is 11.3 Å². The molecule has 1 aromatic carbocycles. The van der Waals surface area contributed by atoms with E-state index in [4.69, 9.17) is 27.8 Å². The number of aryl methyl sites for hydroxylation is 1. The maximum absolute atomic E-state index is 13.3. The van der Waals surface area contributed by atoms with Crippen LogP contribution in [-0.2, 0) is 39.2 Å². The maximum atomic E-state index is 13.3. The van der Waals surface area contributed by atoms with Crippen LogP contribution < -0.4 is 21.1 Å². The van der Waals surface area contributed by atoms with Crippen molar-refractivity contribution in [3.63, 3.8) is 0 Å². The fraction of sp³-hybridized carbons (Fsp3) is 0.481. The highest BCUT2D eigenvalue weighted by Gasteiger charge is 2.43. The van der Waals surface area contributed by atoms with E-state index < -0.39 is 67.8 Å². The zero-order chi connectivity index (χ0) is 31.5. The molecular weight excluding hydrogens is 653 g/mol. The number of rotatable bonds is 8. The number of alkyl carbamates (subject to hydrolysis) is 1. The monoisotopic (exact) mass is 685 g/mol. The molecule has 0 saturated carbocycles. The third-order valence-corrected chi connectivity index (χ3v) is 7.94. The normalized spacial score (nSPS) is 24.2. The van der Waals surface area contributed by atoms with Crippen molar-refractivity contribution in [2.24, 2.45) is 0 Å². The standard InChI is InChI=1S/C27H33BrN3O11P/c1-15-7-6-8-18-13-37-43(36,42-22(15)18)38-14-20-19(40-24(33)16(2)29-26(35)41-27(3,4)5)11-21(39-20)31-12-17(9-10-28)23(32)30-25(31)34/h6-10,12,16,19-21H,11,13-14H2,1-5H3,(H,29,35)(H,30,32,34)/b10-9+/t16-,19-,20+,21+,43?/m0/s1. The number of carbonyl (C=O) groups excluding carboxylic acids is 2. The van der Waals surface area contributed by atoms with Crippen molar-refractivity contribution in [2.75, 3.05) is 6.61 Å². The Morgan fingerprint density at radius 3 is 2.74 bits per heavy atom. The van der Waals surface area contributed by atoms with Crippen LogP contribution >= 0.6 is 23.8 Å². The third kappa shape index (κ3) is 8.24. The second kappa shape index (κ2) is 13.2. The fourth-order valence-corrected chi connectivity index (χ4v) is 5.89. The number of hydrogen-bond donors (Lipinski definition) is 2. The molecule has 1 saturated heterocycles. The average Bonchev–Trinajstić information content (AvgIpc) is 3.30. The number of benzene rings is 1. The van der Waals surface area contributed by atoms with Gasteiger partial charge in [-0.2, -0.15) is 0 Å². The molecule has 234 valence electrons. The first-order valence-corrected chi connectivity index (χ1v) is 15.7. The van der Waals surface area contributed by atoms with Crippen molar-refractivity contribution in [2.45, 2.75) is 77.7 Å². The van der Waals surface area contributed by atoms with Gasteiger partial charge in [0.05, 0.1) is 18.8 Å². The number of H-pyrrole nitrogens is 1. The van der Waals surface area contributed by atoms with Gasteiger partial charge in [0.1, 0.15) is 35.8 Å². The van der Waals surface area contributed by atoms with Gasteiger partial charge in [-0.05, 0) is 51.2 Å². The number of nitrogens with one attached hydrogen (secondary N) is 2. The van der Waals surface area contributed by atoms with Crippen LogP contribution in [0.3, 0.4) is 0 Å². The Bertz CT molecular complexity index is 1560. The number of aromatic amines is 1. The number of amides is 1. The Balaban J connectivity index is 1.53. The molecule has 2 aliphatic rings. The van der Waals surface area contributed by atoms with Crippen LogP contribution in [0.4, 0.5) is 4.79 Å². The molecule has 0 spiro atoms. The number of esters is 1. The number of phosphoric ester groups is 1. The molecule has 1 aromatic heterocycles. The van der Waals surface area contributed by atoms with Crippen LogP contribution in [0.25, 0.3) is 6.08 Å². The van der Waals surface area contributed by atoms with Crippen molar-refractivity contribution < 1.29 is 41.9 Å². The number of fused-ring (bicyclic) bond motifs is 1. The fourth-order valence-electron chi connectivity index (χ4n) is 4.31. The number of aromatic nitrogens is 2.